The van der Waals surface area contributed by atoms with Crippen molar-refractivity contribution in [3.8, 4) is 0 Å². The lowest BCUT2D eigenvalue weighted by molar-refractivity contribution is -0.120. The van der Waals surface area contributed by atoms with Gasteiger partial charge in [0.25, 0.3) is 0 Å². The minimum Gasteiger partial charge on any atom is -0.396 e. The van der Waals surface area contributed by atoms with Crippen LogP contribution >= 0.6 is 0 Å². The number of anilines is 2. The highest BCUT2D eigenvalue weighted by Crippen LogP contribution is 2.21. The van der Waals surface area contributed by atoms with Gasteiger partial charge in [0.1, 0.15) is 5.82 Å². The molecule has 0 spiro atoms. The van der Waals surface area contributed by atoms with E-state index in [1.807, 2.05) is 6.07 Å². The molecule has 92 valence electrons. The van der Waals surface area contributed by atoms with E-state index in [2.05, 4.69) is 10.4 Å². The van der Waals surface area contributed by atoms with Crippen molar-refractivity contribution in [3.05, 3.63) is 24.4 Å². The maximum absolute atomic E-state index is 11.8. The number of aromatic nitrogens is 2. The lowest BCUT2D eigenvalue weighted by Gasteiger charge is -2.26. The fourth-order valence-corrected chi connectivity index (χ4v) is 2.00. The van der Waals surface area contributed by atoms with Gasteiger partial charge < -0.3 is 5.73 Å². The molecule has 0 bridgehead atoms. The number of nitrogen functional groups attached to an aromatic ring is 1. The van der Waals surface area contributed by atoms with Crippen molar-refractivity contribution in [1.82, 2.24) is 14.9 Å². The molecule has 1 saturated heterocycles. The Hall–Kier alpha value is -2.57. The molecule has 18 heavy (non-hydrogen) atoms. The third kappa shape index (κ3) is 1.48. The van der Waals surface area contributed by atoms with Crippen LogP contribution in [0, 0.1) is 0 Å². The molecular formula is C11H11N5O2. The fraction of sp³-hybridized carbons (Fsp3) is 0.182. The molecule has 7 heteroatoms. The minimum atomic E-state index is -0.437. The number of rotatable bonds is 1. The summed E-state index contributed by atoms with van der Waals surface area (Å²) in [5.41, 5.74) is 7.05. The number of pyridine rings is 1. The van der Waals surface area contributed by atoms with E-state index in [0.29, 0.717) is 18.1 Å². The van der Waals surface area contributed by atoms with Crippen molar-refractivity contribution < 1.29 is 9.59 Å². The van der Waals surface area contributed by atoms with Gasteiger partial charge in [-0.2, -0.15) is 5.10 Å². The molecule has 1 aliphatic heterocycles. The van der Waals surface area contributed by atoms with Crippen molar-refractivity contribution in [2.45, 2.75) is 6.42 Å². The predicted molar refractivity (Wildman–Crippen MR) is 65.1 cm³/mol. The van der Waals surface area contributed by atoms with Gasteiger partial charge in [0.15, 0.2) is 0 Å². The van der Waals surface area contributed by atoms with Crippen molar-refractivity contribution in [3.63, 3.8) is 0 Å². The second kappa shape index (κ2) is 3.73. The normalized spacial score (nSPS) is 16.1. The Morgan fingerprint density at radius 2 is 2.17 bits per heavy atom. The third-order valence-corrected chi connectivity index (χ3v) is 2.88. The summed E-state index contributed by atoms with van der Waals surface area (Å²) < 4.78 is 1.59. The maximum Gasteiger partial charge on any atom is 0.329 e. The van der Waals surface area contributed by atoms with Crippen LogP contribution in [0.15, 0.2) is 24.4 Å². The first-order chi connectivity index (χ1) is 8.66. The van der Waals surface area contributed by atoms with Gasteiger partial charge in [-0.25, -0.2) is 9.31 Å². The number of amides is 3. The highest BCUT2D eigenvalue weighted by atomic mass is 16.2. The minimum absolute atomic E-state index is 0.261. The first-order valence-corrected chi connectivity index (χ1v) is 5.50. The van der Waals surface area contributed by atoms with Gasteiger partial charge in [0.2, 0.25) is 5.91 Å². The maximum atomic E-state index is 11.8. The highest BCUT2D eigenvalue weighted by Gasteiger charge is 2.26. The Morgan fingerprint density at radius 1 is 1.33 bits per heavy atom. The Labute approximate surface area is 102 Å². The second-order valence-corrected chi connectivity index (χ2v) is 4.04. The number of carbonyl (C=O) groups is 2. The van der Waals surface area contributed by atoms with Crippen molar-refractivity contribution in [1.29, 1.82) is 0 Å². The monoisotopic (exact) mass is 245 g/mol. The number of fused-ring (bicyclic) bond motifs is 1. The van der Waals surface area contributed by atoms with Crippen LogP contribution in [-0.4, -0.2) is 28.1 Å². The van der Waals surface area contributed by atoms with Gasteiger partial charge in [-0.3, -0.25) is 15.0 Å². The lowest BCUT2D eigenvalue weighted by atomic mass is 10.3. The van der Waals surface area contributed by atoms with Gasteiger partial charge in [-0.05, 0) is 12.1 Å². The first-order valence-electron chi connectivity index (χ1n) is 5.50. The van der Waals surface area contributed by atoms with Crippen molar-refractivity contribution >= 4 is 29.0 Å². The molecule has 3 rings (SSSR count). The average molecular weight is 245 g/mol. The van der Waals surface area contributed by atoms with Crippen LogP contribution in [0.5, 0.6) is 0 Å². The molecule has 3 N–H and O–H groups in total. The SMILES string of the molecule is Nc1cnn2c(N3CCC(=O)NC3=O)cccc12. The Kier molecular flexibility index (Phi) is 2.19. The van der Waals surface area contributed by atoms with E-state index in [9.17, 15) is 9.59 Å². The third-order valence-electron chi connectivity index (χ3n) is 2.88. The van der Waals surface area contributed by atoms with Crippen LogP contribution in [0.3, 0.4) is 0 Å². The van der Waals surface area contributed by atoms with Crippen molar-refractivity contribution in [2.75, 3.05) is 17.2 Å². The van der Waals surface area contributed by atoms with Crippen LogP contribution < -0.4 is 16.0 Å². The van der Waals surface area contributed by atoms with Crippen LogP contribution in [-0.2, 0) is 4.79 Å². The number of urea groups is 1. The molecule has 0 atom stereocenters. The Balaban J connectivity index is 2.09. The molecule has 1 fully saturated rings. The van der Waals surface area contributed by atoms with Crippen LogP contribution in [0.2, 0.25) is 0 Å². The molecule has 2 aromatic heterocycles. The number of nitrogens with one attached hydrogen (secondary N) is 1. The molecule has 3 heterocycles. The van der Waals surface area contributed by atoms with E-state index in [1.54, 1.807) is 16.6 Å². The number of hydrogen-bond donors (Lipinski definition) is 2. The number of hydrogen-bond acceptors (Lipinski definition) is 4. The summed E-state index contributed by atoms with van der Waals surface area (Å²) in [5, 5.41) is 6.41. The zero-order valence-corrected chi connectivity index (χ0v) is 9.46. The van der Waals surface area contributed by atoms with E-state index >= 15 is 0 Å². The number of nitrogens with zero attached hydrogens (tertiary/aromatic N) is 3. The quantitative estimate of drug-likeness (QED) is 0.758. The predicted octanol–water partition coefficient (Wildman–Crippen LogP) is 0.363. The average Bonchev–Trinajstić information content (AvgIpc) is 2.72. The van der Waals surface area contributed by atoms with Crippen LogP contribution in [0.1, 0.15) is 6.42 Å². The summed E-state index contributed by atoms with van der Waals surface area (Å²) in [6.07, 6.45) is 1.81. The molecule has 7 nitrogen and oxygen atoms in total. The summed E-state index contributed by atoms with van der Waals surface area (Å²) in [5.74, 6) is 0.331. The molecule has 1 aliphatic rings. The van der Waals surface area contributed by atoms with E-state index in [-0.39, 0.29) is 12.3 Å². The van der Waals surface area contributed by atoms with E-state index < -0.39 is 6.03 Å². The standard InChI is InChI=1S/C11H11N5O2/c12-7-6-13-16-8(7)2-1-3-10(16)15-5-4-9(17)14-11(15)18/h1-3,6H,4-5,12H2,(H,14,17,18). The van der Waals surface area contributed by atoms with E-state index in [4.69, 9.17) is 5.73 Å². The van der Waals surface area contributed by atoms with Gasteiger partial charge in [-0.1, -0.05) is 6.07 Å². The summed E-state index contributed by atoms with van der Waals surface area (Å²) in [4.78, 5) is 24.4. The van der Waals surface area contributed by atoms with Crippen LogP contribution in [0.25, 0.3) is 5.52 Å². The van der Waals surface area contributed by atoms with Gasteiger partial charge >= 0.3 is 6.03 Å². The van der Waals surface area contributed by atoms with Crippen LogP contribution in [0.4, 0.5) is 16.3 Å². The number of nitrogens with two attached hydrogens (primary N) is 1. The fourth-order valence-electron chi connectivity index (χ4n) is 2.00. The largest absolute Gasteiger partial charge is 0.396 e. The lowest BCUT2D eigenvalue weighted by Crippen LogP contribution is -2.50. The van der Waals surface area contributed by atoms with E-state index in [1.165, 1.54) is 11.1 Å². The summed E-state index contributed by atoms with van der Waals surface area (Å²) >= 11 is 0. The zero-order valence-electron chi connectivity index (χ0n) is 9.46. The molecule has 0 aliphatic carbocycles. The zero-order chi connectivity index (χ0) is 12.7. The molecule has 0 radical (unpaired) electrons. The molecule has 0 unspecified atom stereocenters. The second-order valence-electron chi connectivity index (χ2n) is 4.04. The molecule has 3 amide bonds. The topological polar surface area (TPSA) is 92.7 Å². The molecule has 2 aromatic rings. The summed E-state index contributed by atoms with van der Waals surface area (Å²) in [6, 6.07) is 4.94. The summed E-state index contributed by atoms with van der Waals surface area (Å²) in [6.45, 7) is 0.337. The Bertz CT molecular complexity index is 648. The molecule has 0 saturated carbocycles. The van der Waals surface area contributed by atoms with Gasteiger partial charge in [0, 0.05) is 13.0 Å². The van der Waals surface area contributed by atoms with Gasteiger partial charge in [-0.15, -0.1) is 0 Å². The first kappa shape index (κ1) is 10.6. The van der Waals surface area contributed by atoms with Crippen molar-refractivity contribution in [2.24, 2.45) is 0 Å². The highest BCUT2D eigenvalue weighted by molar-refractivity contribution is 6.05. The summed E-state index contributed by atoms with van der Waals surface area (Å²) in [7, 11) is 0. The number of carbonyl (C=O) groups excluding carboxylic acids is 2. The molecular weight excluding hydrogens is 234 g/mol. The Morgan fingerprint density at radius 3 is 2.94 bits per heavy atom. The van der Waals surface area contributed by atoms with E-state index in [0.717, 1.165) is 5.52 Å². The molecule has 0 aromatic carbocycles. The van der Waals surface area contributed by atoms with Gasteiger partial charge in [0.05, 0.1) is 17.4 Å². The number of imide groups is 1. The smallest absolute Gasteiger partial charge is 0.329 e.